The van der Waals surface area contributed by atoms with Gasteiger partial charge in [0.1, 0.15) is 0 Å². The molecular weight excluding hydrogens is 462 g/mol. The van der Waals surface area contributed by atoms with Crippen LogP contribution in [0.15, 0.2) is 0 Å². The average molecular weight is 509 g/mol. The molecule has 204 valence electrons. The lowest BCUT2D eigenvalue weighted by molar-refractivity contribution is -0.736. The van der Waals surface area contributed by atoms with Crippen LogP contribution in [0.25, 0.3) is 0 Å². The van der Waals surface area contributed by atoms with E-state index in [1.54, 1.807) is 0 Å². The summed E-state index contributed by atoms with van der Waals surface area (Å²) in [5.41, 5.74) is 0. The summed E-state index contributed by atoms with van der Waals surface area (Å²) in [5.74, 6) is 0. The second kappa shape index (κ2) is 14.4. The van der Waals surface area contributed by atoms with Gasteiger partial charge in [0.25, 0.3) is 0 Å². The zero-order chi connectivity index (χ0) is 25.2. The first-order valence-corrected chi connectivity index (χ1v) is 14.5. The maximum Gasteiger partial charge on any atom is 0.434 e. The fourth-order valence-corrected chi connectivity index (χ4v) is 5.07. The predicted molar refractivity (Wildman–Crippen MR) is 134 cm³/mol. The fraction of sp³-hybridized carbons (Fsp3) is 0.889. The number of amides is 6. The Morgan fingerprint density at radius 3 is 1.31 bits per heavy atom. The molecule has 4 aliphatic heterocycles. The third-order valence-corrected chi connectivity index (χ3v) is 7.69. The van der Waals surface area contributed by atoms with Crippen LogP contribution in [0.3, 0.4) is 0 Å². The predicted octanol–water partition coefficient (Wildman–Crippen LogP) is 3.90. The van der Waals surface area contributed by atoms with E-state index < -0.39 is 6.03 Å². The van der Waals surface area contributed by atoms with E-state index in [1.807, 2.05) is 0 Å². The van der Waals surface area contributed by atoms with Crippen LogP contribution in [0.5, 0.6) is 0 Å². The van der Waals surface area contributed by atoms with Crippen LogP contribution >= 0.6 is 0 Å². The maximum atomic E-state index is 13.2. The lowest BCUT2D eigenvalue weighted by Gasteiger charge is -2.34. The van der Waals surface area contributed by atoms with E-state index in [0.29, 0.717) is 42.8 Å². The number of nitrogens with one attached hydrogen (secondary N) is 1. The molecule has 4 fully saturated rings. The molecule has 0 bridgehead atoms. The molecule has 3 atom stereocenters. The molecule has 36 heavy (non-hydrogen) atoms. The van der Waals surface area contributed by atoms with Crippen molar-refractivity contribution in [3.63, 3.8) is 0 Å². The Labute approximate surface area is 215 Å². The first kappa shape index (κ1) is 27.5. The molecule has 4 rings (SSSR count). The van der Waals surface area contributed by atoms with Crippen molar-refractivity contribution in [2.75, 3.05) is 39.5 Å². The summed E-state index contributed by atoms with van der Waals surface area (Å²) in [5, 5.41) is 0. The Hall–Kier alpha value is -1.55. The van der Waals surface area contributed by atoms with E-state index in [-0.39, 0.29) is 12.1 Å². The molecular formula is C27H46N3O6+. The summed E-state index contributed by atoms with van der Waals surface area (Å²) in [6.45, 7) is 3.93. The van der Waals surface area contributed by atoms with Crippen molar-refractivity contribution in [1.29, 1.82) is 0 Å². The zero-order valence-corrected chi connectivity index (χ0v) is 21.9. The number of ether oxygens (including phenoxy) is 3. The van der Waals surface area contributed by atoms with Crippen molar-refractivity contribution in [2.24, 2.45) is 0 Å². The van der Waals surface area contributed by atoms with Crippen molar-refractivity contribution in [2.45, 2.75) is 115 Å². The monoisotopic (exact) mass is 508 g/mol. The normalized spacial score (nSPS) is 27.2. The molecule has 0 spiro atoms. The van der Waals surface area contributed by atoms with Gasteiger partial charge in [-0.2, -0.15) is 4.90 Å². The van der Waals surface area contributed by atoms with Gasteiger partial charge in [-0.3, -0.25) is 0 Å². The molecule has 0 aromatic rings. The molecule has 4 saturated heterocycles. The number of quaternary nitrogens is 1. The smallest absolute Gasteiger partial charge is 0.373 e. The minimum atomic E-state index is -0.420. The number of hydrogen-bond donors (Lipinski definition) is 1. The van der Waals surface area contributed by atoms with E-state index in [4.69, 9.17) is 14.2 Å². The number of unbranched alkanes of at least 4 members (excludes halogenated alkanes) is 9. The third-order valence-electron chi connectivity index (χ3n) is 7.69. The number of carbonyl (C=O) groups is 3. The topological polar surface area (TPSA) is 99.7 Å². The number of rotatable bonds is 21. The summed E-state index contributed by atoms with van der Waals surface area (Å²) < 4.78 is 15.8. The number of hydrogen-bond acceptors (Lipinski definition) is 6. The molecule has 3 unspecified atom stereocenters. The minimum Gasteiger partial charge on any atom is -0.373 e. The number of urea groups is 3. The van der Waals surface area contributed by atoms with Crippen LogP contribution in [0.4, 0.5) is 14.4 Å². The van der Waals surface area contributed by atoms with Gasteiger partial charge in [-0.15, -0.1) is 0 Å². The Morgan fingerprint density at radius 2 is 0.917 bits per heavy atom. The lowest BCUT2D eigenvalue weighted by atomic mass is 10.1. The third kappa shape index (κ3) is 9.39. The molecule has 0 aromatic heterocycles. The summed E-state index contributed by atoms with van der Waals surface area (Å²) in [7, 11) is 0. The van der Waals surface area contributed by atoms with E-state index >= 15 is 0 Å². The average Bonchev–Trinajstić information content (AvgIpc) is 3.71. The number of epoxide rings is 3. The molecule has 0 saturated carbocycles. The van der Waals surface area contributed by atoms with E-state index in [2.05, 4.69) is 0 Å². The van der Waals surface area contributed by atoms with E-state index in [0.717, 1.165) is 116 Å². The van der Waals surface area contributed by atoms with Gasteiger partial charge in [-0.1, -0.05) is 51.4 Å². The Kier molecular flexibility index (Phi) is 11.0. The number of imide groups is 3. The first-order valence-electron chi connectivity index (χ1n) is 14.5. The van der Waals surface area contributed by atoms with Crippen molar-refractivity contribution < 1.29 is 33.5 Å². The first-order chi connectivity index (χ1) is 17.6. The van der Waals surface area contributed by atoms with Crippen LogP contribution in [-0.2, 0) is 14.2 Å². The zero-order valence-electron chi connectivity index (χ0n) is 21.9. The highest BCUT2D eigenvalue weighted by atomic mass is 16.6. The van der Waals surface area contributed by atoms with Gasteiger partial charge in [-0.05, 0) is 44.9 Å². The molecule has 1 N–H and O–H groups in total. The van der Waals surface area contributed by atoms with Crippen LogP contribution in [0, 0.1) is 0 Å². The van der Waals surface area contributed by atoms with Crippen LogP contribution < -0.4 is 4.90 Å². The minimum absolute atomic E-state index is 0.303. The second-order valence-corrected chi connectivity index (χ2v) is 10.9. The van der Waals surface area contributed by atoms with Gasteiger partial charge < -0.3 is 14.2 Å². The summed E-state index contributed by atoms with van der Waals surface area (Å²) >= 11 is 0. The fourth-order valence-electron chi connectivity index (χ4n) is 5.07. The van der Waals surface area contributed by atoms with Crippen molar-refractivity contribution >= 4 is 18.1 Å². The highest BCUT2D eigenvalue weighted by Crippen LogP contribution is 2.20. The standard InChI is InChI=1S/C27H45N3O6/c31-25-28(16-10-4-1-7-13-22-19-34-22)26(32)30(18-12-6-3-9-15-24-21-36-24)27(33)29(25)17-11-5-2-8-14-23-20-35-23/h22-24H,1-21H2/p+1. The van der Waals surface area contributed by atoms with Crippen LogP contribution in [0.1, 0.15) is 96.3 Å². The van der Waals surface area contributed by atoms with Gasteiger partial charge >= 0.3 is 18.1 Å². The molecule has 4 aliphatic rings. The SMILES string of the molecule is O=C1N(CCCCCCC2CO2)C(=O)[NH+](CCCCCCC2CO2)C(=O)N1CCCCCCC1CO1. The molecule has 9 nitrogen and oxygen atoms in total. The number of carbonyl (C=O) groups excluding carboxylic acids is 3. The lowest BCUT2D eigenvalue weighted by Crippen LogP contribution is -3.21. The van der Waals surface area contributed by atoms with Crippen LogP contribution in [-0.4, -0.2) is 85.7 Å². The highest BCUT2D eigenvalue weighted by molar-refractivity contribution is 6.04. The van der Waals surface area contributed by atoms with Gasteiger partial charge in [0, 0.05) is 13.1 Å². The summed E-state index contributed by atoms with van der Waals surface area (Å²) in [4.78, 5) is 42.5. The Balaban J connectivity index is 1.21. The molecule has 0 aliphatic carbocycles. The van der Waals surface area contributed by atoms with Gasteiger partial charge in [0.05, 0.1) is 44.7 Å². The highest BCUT2D eigenvalue weighted by Gasteiger charge is 2.48. The van der Waals surface area contributed by atoms with Gasteiger partial charge in [-0.25, -0.2) is 24.2 Å². The van der Waals surface area contributed by atoms with Crippen molar-refractivity contribution in [3.05, 3.63) is 0 Å². The maximum absolute atomic E-state index is 13.2. The molecule has 0 radical (unpaired) electrons. The van der Waals surface area contributed by atoms with Crippen molar-refractivity contribution in [1.82, 2.24) is 9.80 Å². The second-order valence-electron chi connectivity index (χ2n) is 10.9. The van der Waals surface area contributed by atoms with E-state index in [9.17, 15) is 14.4 Å². The van der Waals surface area contributed by atoms with Gasteiger partial charge in [0.15, 0.2) is 0 Å². The number of nitrogens with zero attached hydrogens (tertiary/aromatic N) is 2. The molecule has 6 amide bonds. The van der Waals surface area contributed by atoms with Crippen molar-refractivity contribution in [3.8, 4) is 0 Å². The summed E-state index contributed by atoms with van der Waals surface area (Å²) in [6.07, 6.45) is 16.6. The molecule has 0 aromatic carbocycles. The molecule has 4 heterocycles. The van der Waals surface area contributed by atoms with E-state index in [1.165, 1.54) is 9.80 Å². The molecule has 9 heteroatoms. The Morgan fingerprint density at radius 1 is 0.556 bits per heavy atom. The largest absolute Gasteiger partial charge is 0.434 e. The Bertz CT molecular complexity index is 609. The van der Waals surface area contributed by atoms with Gasteiger partial charge in [0.2, 0.25) is 0 Å². The van der Waals surface area contributed by atoms with Crippen LogP contribution in [0.2, 0.25) is 0 Å². The quantitative estimate of drug-likeness (QED) is 0.186. The summed E-state index contributed by atoms with van der Waals surface area (Å²) in [6, 6.07) is -1.14.